The van der Waals surface area contributed by atoms with Crippen molar-refractivity contribution in [2.24, 2.45) is 0 Å². The lowest BCUT2D eigenvalue weighted by atomic mass is 10.1. The number of aryl methyl sites for hydroxylation is 2. The lowest BCUT2D eigenvalue weighted by Crippen LogP contribution is -2.47. The summed E-state index contributed by atoms with van der Waals surface area (Å²) in [7, 11) is 0. The van der Waals surface area contributed by atoms with E-state index in [0.29, 0.717) is 11.1 Å². The quantitative estimate of drug-likeness (QED) is 0.420. The van der Waals surface area contributed by atoms with Crippen LogP contribution in [-0.4, -0.2) is 47.8 Å². The van der Waals surface area contributed by atoms with Gasteiger partial charge >= 0.3 is 0 Å². The van der Waals surface area contributed by atoms with Gasteiger partial charge in [0.15, 0.2) is 5.11 Å². The minimum absolute atomic E-state index is 0.547. The second-order valence-electron chi connectivity index (χ2n) is 7.97. The van der Waals surface area contributed by atoms with E-state index in [4.69, 9.17) is 17.2 Å². The van der Waals surface area contributed by atoms with Crippen LogP contribution in [-0.2, 0) is 6.42 Å². The van der Waals surface area contributed by atoms with E-state index in [-0.39, 0.29) is 0 Å². The van der Waals surface area contributed by atoms with Crippen LogP contribution in [0.25, 0.3) is 0 Å². The molecule has 1 aliphatic heterocycles. The largest absolute Gasteiger partial charge is 0.368 e. The predicted molar refractivity (Wildman–Crippen MR) is 137 cm³/mol. The Bertz CT molecular complexity index is 1000. The summed E-state index contributed by atoms with van der Waals surface area (Å²) < 4.78 is 0. The first kappa shape index (κ1) is 22.0. The zero-order valence-corrected chi connectivity index (χ0v) is 19.3. The number of benzene rings is 2. The molecule has 2 N–H and O–H groups in total. The molecule has 2 heterocycles. The molecule has 7 heteroatoms. The van der Waals surface area contributed by atoms with Gasteiger partial charge in [-0.25, -0.2) is 4.98 Å². The van der Waals surface area contributed by atoms with Gasteiger partial charge in [0.2, 0.25) is 5.95 Å². The van der Waals surface area contributed by atoms with Crippen molar-refractivity contribution in [3.63, 3.8) is 0 Å². The summed E-state index contributed by atoms with van der Waals surface area (Å²) in [5.41, 5.74) is 3.54. The third-order valence-corrected chi connectivity index (χ3v) is 5.81. The Balaban J connectivity index is 1.27. The summed E-state index contributed by atoms with van der Waals surface area (Å²) in [4.78, 5) is 14.0. The van der Waals surface area contributed by atoms with Crippen molar-refractivity contribution in [3.8, 4) is 0 Å². The molecular weight excluding hydrogens is 416 g/mol. The summed E-state index contributed by atoms with van der Waals surface area (Å²) in [6.45, 7) is 6.59. The highest BCUT2D eigenvalue weighted by Crippen LogP contribution is 2.20. The van der Waals surface area contributed by atoms with E-state index in [0.717, 1.165) is 57.1 Å². The molecule has 6 nitrogen and oxygen atoms in total. The monoisotopic (exact) mass is 446 g/mol. The third-order valence-electron chi connectivity index (χ3n) is 5.56. The van der Waals surface area contributed by atoms with Crippen molar-refractivity contribution >= 4 is 34.8 Å². The SMILES string of the molecule is Cc1cc(N2CCN(c3ccccc3)CC2)nc(NC(=S)NCCCc2ccccc2)n1. The van der Waals surface area contributed by atoms with Crippen molar-refractivity contribution in [3.05, 3.63) is 78.0 Å². The predicted octanol–water partition coefficient (Wildman–Crippen LogP) is 4.03. The first-order valence-electron chi connectivity index (χ1n) is 11.2. The van der Waals surface area contributed by atoms with Gasteiger partial charge in [0.1, 0.15) is 5.82 Å². The summed E-state index contributed by atoms with van der Waals surface area (Å²) >= 11 is 5.46. The normalized spacial score (nSPS) is 13.7. The molecule has 0 spiro atoms. The molecule has 0 radical (unpaired) electrons. The number of nitrogens with one attached hydrogen (secondary N) is 2. The van der Waals surface area contributed by atoms with E-state index in [1.807, 2.05) is 19.1 Å². The van der Waals surface area contributed by atoms with Crippen molar-refractivity contribution in [2.75, 3.05) is 47.8 Å². The molecule has 1 fully saturated rings. The number of aromatic nitrogens is 2. The maximum Gasteiger partial charge on any atom is 0.231 e. The Kier molecular flexibility index (Phi) is 7.51. The molecule has 0 saturated carbocycles. The van der Waals surface area contributed by atoms with Gasteiger partial charge in [-0.05, 0) is 49.7 Å². The van der Waals surface area contributed by atoms with E-state index < -0.39 is 0 Å². The fourth-order valence-electron chi connectivity index (χ4n) is 3.89. The summed E-state index contributed by atoms with van der Waals surface area (Å²) in [6.07, 6.45) is 2.04. The van der Waals surface area contributed by atoms with Gasteiger partial charge in [0.05, 0.1) is 0 Å². The molecule has 166 valence electrons. The van der Waals surface area contributed by atoms with Crippen LogP contribution >= 0.6 is 12.2 Å². The molecule has 4 rings (SSSR count). The lowest BCUT2D eigenvalue weighted by Gasteiger charge is -2.36. The zero-order chi connectivity index (χ0) is 22.2. The number of hydrogen-bond donors (Lipinski definition) is 2. The minimum atomic E-state index is 0.547. The summed E-state index contributed by atoms with van der Waals surface area (Å²) in [5.74, 6) is 1.49. The van der Waals surface area contributed by atoms with E-state index in [2.05, 4.69) is 80.0 Å². The molecule has 1 aromatic heterocycles. The second kappa shape index (κ2) is 10.9. The fraction of sp³-hybridized carbons (Fsp3) is 0.320. The average molecular weight is 447 g/mol. The zero-order valence-electron chi connectivity index (χ0n) is 18.5. The molecule has 32 heavy (non-hydrogen) atoms. The van der Waals surface area contributed by atoms with Crippen LogP contribution in [0.5, 0.6) is 0 Å². The minimum Gasteiger partial charge on any atom is -0.368 e. The summed E-state index contributed by atoms with van der Waals surface area (Å²) in [5, 5.41) is 6.98. The lowest BCUT2D eigenvalue weighted by molar-refractivity contribution is 0.647. The van der Waals surface area contributed by atoms with Gasteiger partial charge in [-0.3, -0.25) is 0 Å². The number of piperazine rings is 1. The van der Waals surface area contributed by atoms with Crippen LogP contribution in [0, 0.1) is 6.92 Å². The molecule has 1 saturated heterocycles. The van der Waals surface area contributed by atoms with E-state index in [1.54, 1.807) is 0 Å². The fourth-order valence-corrected chi connectivity index (χ4v) is 4.08. The van der Waals surface area contributed by atoms with Crippen LogP contribution in [0.4, 0.5) is 17.5 Å². The maximum atomic E-state index is 5.46. The first-order valence-corrected chi connectivity index (χ1v) is 11.6. The van der Waals surface area contributed by atoms with Gasteiger partial charge in [-0.1, -0.05) is 48.5 Å². The molecule has 3 aromatic rings. The number of para-hydroxylation sites is 1. The van der Waals surface area contributed by atoms with E-state index in [1.165, 1.54) is 11.3 Å². The highest BCUT2D eigenvalue weighted by molar-refractivity contribution is 7.80. The maximum absolute atomic E-state index is 5.46. The molecule has 0 amide bonds. The van der Waals surface area contributed by atoms with Crippen molar-refractivity contribution in [1.29, 1.82) is 0 Å². The smallest absolute Gasteiger partial charge is 0.231 e. The number of nitrogens with zero attached hydrogens (tertiary/aromatic N) is 4. The number of hydrogen-bond acceptors (Lipinski definition) is 5. The van der Waals surface area contributed by atoms with Crippen molar-refractivity contribution in [2.45, 2.75) is 19.8 Å². The van der Waals surface area contributed by atoms with Crippen molar-refractivity contribution < 1.29 is 0 Å². The Morgan fingerprint density at radius 3 is 2.28 bits per heavy atom. The molecule has 0 aliphatic carbocycles. The number of anilines is 3. The van der Waals surface area contributed by atoms with Crippen LogP contribution in [0.3, 0.4) is 0 Å². The van der Waals surface area contributed by atoms with Crippen LogP contribution < -0.4 is 20.4 Å². The molecular formula is C25H30N6S. The van der Waals surface area contributed by atoms with Gasteiger partial charge < -0.3 is 20.4 Å². The molecule has 2 aromatic carbocycles. The Morgan fingerprint density at radius 2 is 1.56 bits per heavy atom. The number of rotatable bonds is 7. The third kappa shape index (κ3) is 6.17. The molecule has 1 aliphatic rings. The van der Waals surface area contributed by atoms with Gasteiger partial charge in [0, 0.05) is 50.2 Å². The summed E-state index contributed by atoms with van der Waals surface area (Å²) in [6, 6.07) is 23.1. The van der Waals surface area contributed by atoms with E-state index in [9.17, 15) is 0 Å². The Labute approximate surface area is 195 Å². The van der Waals surface area contributed by atoms with Crippen LogP contribution in [0.2, 0.25) is 0 Å². The van der Waals surface area contributed by atoms with Gasteiger partial charge in [0.25, 0.3) is 0 Å². The highest BCUT2D eigenvalue weighted by atomic mass is 32.1. The average Bonchev–Trinajstić information content (AvgIpc) is 2.83. The Morgan fingerprint density at radius 1 is 0.906 bits per heavy atom. The van der Waals surface area contributed by atoms with Crippen LogP contribution in [0.15, 0.2) is 66.7 Å². The molecule has 0 atom stereocenters. The van der Waals surface area contributed by atoms with Crippen LogP contribution in [0.1, 0.15) is 17.7 Å². The number of thiocarbonyl (C=S) groups is 1. The second-order valence-corrected chi connectivity index (χ2v) is 8.38. The molecule has 0 unspecified atom stereocenters. The van der Waals surface area contributed by atoms with Gasteiger partial charge in [-0.2, -0.15) is 4.98 Å². The first-order chi connectivity index (χ1) is 15.7. The van der Waals surface area contributed by atoms with Crippen molar-refractivity contribution in [1.82, 2.24) is 15.3 Å². The standard InChI is InChI=1S/C25H30N6S/c1-20-19-23(31-17-15-30(16-18-31)22-12-6-3-7-13-22)28-24(27-20)29-25(32)26-14-8-11-21-9-4-2-5-10-21/h2-7,9-10,12-13,19H,8,11,14-18H2,1H3,(H2,26,27,28,29,32). The van der Waals surface area contributed by atoms with Gasteiger partial charge in [-0.15, -0.1) is 0 Å². The van der Waals surface area contributed by atoms with E-state index >= 15 is 0 Å². The highest BCUT2D eigenvalue weighted by Gasteiger charge is 2.19. The topological polar surface area (TPSA) is 56.3 Å². The molecule has 0 bridgehead atoms. The Hall–Kier alpha value is -3.19.